The van der Waals surface area contributed by atoms with Gasteiger partial charge in [-0.1, -0.05) is 24.3 Å². The molecule has 0 unspecified atom stereocenters. The number of nitro groups is 1. The molecule has 22 heavy (non-hydrogen) atoms. The molecule has 0 atom stereocenters. The number of nitrogens with zero attached hydrogens (tertiary/aromatic N) is 2. The SMILES string of the molecule is CC(F)(F)c1ccc(-c2cc([N+](=O)[O-])cc3scnc23)cc1. The molecule has 0 spiro atoms. The van der Waals surface area contributed by atoms with Crippen LogP contribution in [0.25, 0.3) is 21.3 Å². The van der Waals surface area contributed by atoms with Gasteiger partial charge in [0.1, 0.15) is 0 Å². The predicted molar refractivity (Wildman–Crippen MR) is 81.3 cm³/mol. The van der Waals surface area contributed by atoms with E-state index < -0.39 is 10.8 Å². The predicted octanol–water partition coefficient (Wildman–Crippen LogP) is 4.98. The Morgan fingerprint density at radius 2 is 1.91 bits per heavy atom. The molecule has 7 heteroatoms. The molecule has 0 aliphatic carbocycles. The number of non-ortho nitro benzene ring substituents is 1. The fourth-order valence-corrected chi connectivity index (χ4v) is 2.95. The molecule has 2 aromatic carbocycles. The molecule has 112 valence electrons. The second kappa shape index (κ2) is 5.10. The molecular weight excluding hydrogens is 310 g/mol. The molecule has 3 rings (SSSR count). The number of thiazole rings is 1. The Morgan fingerprint density at radius 3 is 2.50 bits per heavy atom. The molecule has 3 aromatic rings. The van der Waals surface area contributed by atoms with Crippen molar-refractivity contribution in [2.24, 2.45) is 0 Å². The number of hydrogen-bond donors (Lipinski definition) is 0. The highest BCUT2D eigenvalue weighted by Crippen LogP contribution is 2.35. The van der Waals surface area contributed by atoms with Crippen molar-refractivity contribution in [2.75, 3.05) is 0 Å². The number of fused-ring (bicyclic) bond motifs is 1. The summed E-state index contributed by atoms with van der Waals surface area (Å²) in [6.07, 6.45) is 0. The number of hydrogen-bond acceptors (Lipinski definition) is 4. The maximum absolute atomic E-state index is 13.3. The number of nitro benzene ring substituents is 1. The van der Waals surface area contributed by atoms with E-state index in [-0.39, 0.29) is 11.3 Å². The number of halogens is 2. The molecule has 4 nitrogen and oxygen atoms in total. The lowest BCUT2D eigenvalue weighted by atomic mass is 10.0. The summed E-state index contributed by atoms with van der Waals surface area (Å²) in [7, 11) is 0. The highest BCUT2D eigenvalue weighted by Gasteiger charge is 2.24. The van der Waals surface area contributed by atoms with Crippen LogP contribution in [0.3, 0.4) is 0 Å². The van der Waals surface area contributed by atoms with Gasteiger partial charge in [0, 0.05) is 30.2 Å². The molecule has 1 aromatic heterocycles. The van der Waals surface area contributed by atoms with Crippen LogP contribution in [0.5, 0.6) is 0 Å². The third-order valence-electron chi connectivity index (χ3n) is 3.33. The minimum absolute atomic E-state index is 0.0448. The molecule has 0 aliphatic heterocycles. The minimum atomic E-state index is -2.92. The monoisotopic (exact) mass is 320 g/mol. The topological polar surface area (TPSA) is 56.0 Å². The molecule has 0 saturated heterocycles. The summed E-state index contributed by atoms with van der Waals surface area (Å²) in [6.45, 7) is 0.827. The molecule has 0 radical (unpaired) electrons. The quantitative estimate of drug-likeness (QED) is 0.505. The van der Waals surface area contributed by atoms with Gasteiger partial charge in [-0.3, -0.25) is 10.1 Å². The lowest BCUT2D eigenvalue weighted by molar-refractivity contribution is -0.384. The first-order valence-corrected chi connectivity index (χ1v) is 7.24. The Kier molecular flexibility index (Phi) is 3.37. The van der Waals surface area contributed by atoms with E-state index in [1.807, 2.05) is 0 Å². The maximum Gasteiger partial charge on any atom is 0.271 e. The van der Waals surface area contributed by atoms with E-state index >= 15 is 0 Å². The molecule has 0 amide bonds. The van der Waals surface area contributed by atoms with Gasteiger partial charge in [0.15, 0.2) is 0 Å². The summed E-state index contributed by atoms with van der Waals surface area (Å²) >= 11 is 1.30. The maximum atomic E-state index is 13.3. The Bertz CT molecular complexity index is 854. The van der Waals surface area contributed by atoms with Gasteiger partial charge >= 0.3 is 0 Å². The molecule has 0 N–H and O–H groups in total. The van der Waals surface area contributed by atoms with Gasteiger partial charge in [-0.05, 0) is 5.56 Å². The first-order valence-electron chi connectivity index (χ1n) is 6.36. The van der Waals surface area contributed by atoms with Crippen LogP contribution < -0.4 is 0 Å². The molecule has 0 saturated carbocycles. The summed E-state index contributed by atoms with van der Waals surface area (Å²) in [5.41, 5.74) is 3.27. The van der Waals surface area contributed by atoms with Gasteiger partial charge in [-0.25, -0.2) is 13.8 Å². The van der Waals surface area contributed by atoms with Crippen molar-refractivity contribution in [3.63, 3.8) is 0 Å². The smallest absolute Gasteiger partial charge is 0.258 e. The number of rotatable bonds is 3. The summed E-state index contributed by atoms with van der Waals surface area (Å²) < 4.78 is 27.2. The molecular formula is C15H10F2N2O2S. The van der Waals surface area contributed by atoms with Crippen LogP contribution in [-0.4, -0.2) is 9.91 Å². The van der Waals surface area contributed by atoms with Crippen LogP contribution in [0.15, 0.2) is 41.9 Å². The fraction of sp³-hybridized carbons (Fsp3) is 0.133. The lowest BCUT2D eigenvalue weighted by Crippen LogP contribution is -2.06. The second-order valence-corrected chi connectivity index (χ2v) is 5.80. The summed E-state index contributed by atoms with van der Waals surface area (Å²) in [5, 5.41) is 11.0. The zero-order valence-electron chi connectivity index (χ0n) is 11.4. The largest absolute Gasteiger partial charge is 0.271 e. The van der Waals surface area contributed by atoms with Crippen molar-refractivity contribution in [1.29, 1.82) is 0 Å². The molecule has 0 aliphatic rings. The first kappa shape index (κ1) is 14.5. The van der Waals surface area contributed by atoms with E-state index in [2.05, 4.69) is 4.98 Å². The average molecular weight is 320 g/mol. The summed E-state index contributed by atoms with van der Waals surface area (Å²) in [6, 6.07) is 8.60. The van der Waals surface area contributed by atoms with E-state index in [1.165, 1.54) is 47.7 Å². The summed E-state index contributed by atoms with van der Waals surface area (Å²) in [4.78, 5) is 14.8. The van der Waals surface area contributed by atoms with Crippen molar-refractivity contribution >= 4 is 27.2 Å². The van der Waals surface area contributed by atoms with Gasteiger partial charge in [-0.2, -0.15) is 0 Å². The van der Waals surface area contributed by atoms with Crippen molar-refractivity contribution < 1.29 is 13.7 Å². The van der Waals surface area contributed by atoms with Gasteiger partial charge in [0.25, 0.3) is 11.6 Å². The van der Waals surface area contributed by atoms with E-state index in [1.54, 1.807) is 5.51 Å². The molecule has 0 bridgehead atoms. The van der Waals surface area contributed by atoms with Crippen molar-refractivity contribution in [1.82, 2.24) is 4.98 Å². The Morgan fingerprint density at radius 1 is 1.23 bits per heavy atom. The number of benzene rings is 2. The number of alkyl halides is 2. The van der Waals surface area contributed by atoms with Crippen LogP contribution in [-0.2, 0) is 5.92 Å². The lowest BCUT2D eigenvalue weighted by Gasteiger charge is -2.11. The van der Waals surface area contributed by atoms with Crippen molar-refractivity contribution in [3.8, 4) is 11.1 Å². The first-order chi connectivity index (χ1) is 10.4. The number of aromatic nitrogens is 1. The Hall–Kier alpha value is -2.41. The van der Waals surface area contributed by atoms with Gasteiger partial charge < -0.3 is 0 Å². The van der Waals surface area contributed by atoms with E-state index in [0.29, 0.717) is 21.3 Å². The van der Waals surface area contributed by atoms with Crippen LogP contribution >= 0.6 is 11.3 Å². The zero-order chi connectivity index (χ0) is 15.9. The van der Waals surface area contributed by atoms with E-state index in [0.717, 1.165) is 6.92 Å². The van der Waals surface area contributed by atoms with Gasteiger partial charge in [-0.15, -0.1) is 11.3 Å². The fourth-order valence-electron chi connectivity index (χ4n) is 2.22. The minimum Gasteiger partial charge on any atom is -0.258 e. The van der Waals surface area contributed by atoms with E-state index in [9.17, 15) is 18.9 Å². The zero-order valence-corrected chi connectivity index (χ0v) is 12.2. The highest BCUT2D eigenvalue weighted by atomic mass is 32.1. The van der Waals surface area contributed by atoms with Gasteiger partial charge in [0.2, 0.25) is 0 Å². The third kappa shape index (κ3) is 2.55. The third-order valence-corrected chi connectivity index (χ3v) is 4.11. The second-order valence-electron chi connectivity index (χ2n) is 4.92. The van der Waals surface area contributed by atoms with Gasteiger partial charge in [0.05, 0.1) is 20.7 Å². The highest BCUT2D eigenvalue weighted by molar-refractivity contribution is 7.16. The molecule has 1 heterocycles. The Balaban J connectivity index is 2.17. The summed E-state index contributed by atoms with van der Waals surface area (Å²) in [5.74, 6) is -2.92. The standard InChI is InChI=1S/C15H10F2N2O2S/c1-15(16,17)10-4-2-9(3-5-10)12-6-11(19(20)21)7-13-14(12)18-8-22-13/h2-8H,1H3. The van der Waals surface area contributed by atoms with Crippen LogP contribution in [0.4, 0.5) is 14.5 Å². The average Bonchev–Trinajstić information content (AvgIpc) is 2.93. The molecule has 0 fully saturated rings. The Labute approximate surface area is 128 Å². The van der Waals surface area contributed by atoms with Crippen LogP contribution in [0, 0.1) is 10.1 Å². The van der Waals surface area contributed by atoms with Crippen molar-refractivity contribution in [3.05, 3.63) is 57.6 Å². The van der Waals surface area contributed by atoms with E-state index in [4.69, 9.17) is 0 Å². The normalized spacial score (nSPS) is 11.8. The van der Waals surface area contributed by atoms with Crippen LogP contribution in [0.2, 0.25) is 0 Å². The van der Waals surface area contributed by atoms with Crippen LogP contribution in [0.1, 0.15) is 12.5 Å². The van der Waals surface area contributed by atoms with Crippen molar-refractivity contribution in [2.45, 2.75) is 12.8 Å².